The summed E-state index contributed by atoms with van der Waals surface area (Å²) in [5, 5.41) is 4.07. The summed E-state index contributed by atoms with van der Waals surface area (Å²) in [4.78, 5) is 32.8. The van der Waals surface area contributed by atoms with Gasteiger partial charge in [0.1, 0.15) is 4.83 Å². The molecule has 7 nitrogen and oxygen atoms in total. The number of hydrogen-bond donors (Lipinski definition) is 1. The van der Waals surface area contributed by atoms with Gasteiger partial charge in [-0.1, -0.05) is 36.0 Å². The first-order valence-electron chi connectivity index (χ1n) is 10.8. The molecule has 1 aliphatic rings. The van der Waals surface area contributed by atoms with E-state index in [4.69, 9.17) is 14.5 Å². The molecule has 0 saturated heterocycles. The summed E-state index contributed by atoms with van der Waals surface area (Å²) in [7, 11) is 0. The minimum atomic E-state index is -0.146. The van der Waals surface area contributed by atoms with Crippen LogP contribution >= 0.6 is 23.1 Å². The summed E-state index contributed by atoms with van der Waals surface area (Å²) in [5.74, 6) is 1.38. The van der Waals surface area contributed by atoms with Gasteiger partial charge in [-0.05, 0) is 55.7 Å². The molecule has 4 aromatic rings. The van der Waals surface area contributed by atoms with Crippen molar-refractivity contribution >= 4 is 39.2 Å². The Kier molecular flexibility index (Phi) is 6.05. The molecule has 0 spiro atoms. The largest absolute Gasteiger partial charge is 0.454 e. The van der Waals surface area contributed by atoms with E-state index in [2.05, 4.69) is 5.32 Å². The first kappa shape index (κ1) is 22.5. The third-order valence-electron chi connectivity index (χ3n) is 5.79. The SMILES string of the molecule is Cc1ccccc1-n1c(SCC(=O)NCc2ccc3c(c2)OCO3)nc2sc(C)c(C)c2c1=O. The van der Waals surface area contributed by atoms with Gasteiger partial charge in [0, 0.05) is 11.4 Å². The van der Waals surface area contributed by atoms with Crippen LogP contribution in [0.4, 0.5) is 0 Å². The van der Waals surface area contributed by atoms with Crippen LogP contribution in [0.2, 0.25) is 0 Å². The number of para-hydroxylation sites is 1. The number of rotatable bonds is 6. The van der Waals surface area contributed by atoms with E-state index in [0.29, 0.717) is 33.4 Å². The molecule has 2 aromatic carbocycles. The number of hydrogen-bond acceptors (Lipinski definition) is 7. The van der Waals surface area contributed by atoms with Crippen molar-refractivity contribution in [1.29, 1.82) is 0 Å². The highest BCUT2D eigenvalue weighted by atomic mass is 32.2. The average Bonchev–Trinajstić information content (AvgIpc) is 3.40. The van der Waals surface area contributed by atoms with Gasteiger partial charge < -0.3 is 14.8 Å². The van der Waals surface area contributed by atoms with Crippen molar-refractivity contribution in [1.82, 2.24) is 14.9 Å². The molecule has 34 heavy (non-hydrogen) atoms. The number of aryl methyl sites for hydroxylation is 3. The smallest absolute Gasteiger partial charge is 0.267 e. The standard InChI is InChI=1S/C25H23N3O4S2/c1-14-6-4-5-7-18(14)28-24(30)22-15(2)16(3)34-23(22)27-25(28)33-12-21(29)26-11-17-8-9-19-20(10-17)32-13-31-19/h4-10H,11-13H2,1-3H3,(H,26,29). The molecule has 9 heteroatoms. The first-order chi connectivity index (χ1) is 16.4. The fourth-order valence-corrected chi connectivity index (χ4v) is 5.74. The molecule has 0 unspecified atom stereocenters. The van der Waals surface area contributed by atoms with E-state index >= 15 is 0 Å². The van der Waals surface area contributed by atoms with E-state index in [-0.39, 0.29) is 24.0 Å². The average molecular weight is 494 g/mol. The lowest BCUT2D eigenvalue weighted by Crippen LogP contribution is -2.26. The number of thiophene rings is 1. The Morgan fingerprint density at radius 1 is 1.15 bits per heavy atom. The fraction of sp³-hybridized carbons (Fsp3) is 0.240. The highest BCUT2D eigenvalue weighted by Crippen LogP contribution is 2.33. The number of fused-ring (bicyclic) bond motifs is 2. The lowest BCUT2D eigenvalue weighted by molar-refractivity contribution is -0.118. The summed E-state index contributed by atoms with van der Waals surface area (Å²) >= 11 is 2.77. The number of ether oxygens (including phenoxy) is 2. The van der Waals surface area contributed by atoms with Crippen molar-refractivity contribution in [3.63, 3.8) is 0 Å². The van der Waals surface area contributed by atoms with Gasteiger partial charge in [0.15, 0.2) is 16.7 Å². The maximum absolute atomic E-state index is 13.6. The Labute approximate surface area is 204 Å². The van der Waals surface area contributed by atoms with Crippen molar-refractivity contribution in [3.8, 4) is 17.2 Å². The van der Waals surface area contributed by atoms with Crippen LogP contribution < -0.4 is 20.3 Å². The predicted octanol–water partition coefficient (Wildman–Crippen LogP) is 4.51. The molecule has 3 heterocycles. The van der Waals surface area contributed by atoms with Crippen molar-refractivity contribution in [2.75, 3.05) is 12.5 Å². The van der Waals surface area contributed by atoms with Gasteiger partial charge in [0.05, 0.1) is 16.8 Å². The molecule has 1 N–H and O–H groups in total. The summed E-state index contributed by atoms with van der Waals surface area (Å²) in [6.45, 7) is 6.50. The first-order valence-corrected chi connectivity index (χ1v) is 12.6. The molecule has 174 valence electrons. The zero-order valence-corrected chi connectivity index (χ0v) is 20.6. The highest BCUT2D eigenvalue weighted by molar-refractivity contribution is 7.99. The minimum Gasteiger partial charge on any atom is -0.454 e. The van der Waals surface area contributed by atoms with Gasteiger partial charge in [-0.15, -0.1) is 11.3 Å². The van der Waals surface area contributed by atoms with Gasteiger partial charge in [-0.2, -0.15) is 0 Å². The summed E-state index contributed by atoms with van der Waals surface area (Å²) in [6, 6.07) is 13.3. The number of aromatic nitrogens is 2. The second kappa shape index (κ2) is 9.15. The van der Waals surface area contributed by atoms with Gasteiger partial charge in [-0.3, -0.25) is 14.2 Å². The molecule has 2 aromatic heterocycles. The quantitative estimate of drug-likeness (QED) is 0.314. The van der Waals surface area contributed by atoms with Crippen LogP contribution in [-0.4, -0.2) is 28.0 Å². The monoisotopic (exact) mass is 493 g/mol. The van der Waals surface area contributed by atoms with Crippen LogP contribution in [0, 0.1) is 20.8 Å². The van der Waals surface area contributed by atoms with Gasteiger partial charge >= 0.3 is 0 Å². The van der Waals surface area contributed by atoms with E-state index < -0.39 is 0 Å². The highest BCUT2D eigenvalue weighted by Gasteiger charge is 2.20. The summed E-state index contributed by atoms with van der Waals surface area (Å²) in [5.41, 5.74) is 3.50. The van der Waals surface area contributed by atoms with Gasteiger partial charge in [-0.25, -0.2) is 4.98 Å². The van der Waals surface area contributed by atoms with Crippen LogP contribution in [0.3, 0.4) is 0 Å². The molecule has 5 rings (SSSR count). The van der Waals surface area contributed by atoms with Crippen LogP contribution in [0.1, 0.15) is 21.6 Å². The fourth-order valence-electron chi connectivity index (χ4n) is 3.83. The molecule has 0 saturated carbocycles. The maximum Gasteiger partial charge on any atom is 0.267 e. The van der Waals surface area contributed by atoms with Crippen molar-refractivity contribution in [2.24, 2.45) is 0 Å². The minimum absolute atomic E-state index is 0.107. The van der Waals surface area contributed by atoms with E-state index in [1.807, 2.05) is 63.2 Å². The Bertz CT molecular complexity index is 1480. The number of nitrogens with one attached hydrogen (secondary N) is 1. The van der Waals surface area contributed by atoms with Gasteiger partial charge in [0.2, 0.25) is 12.7 Å². The lowest BCUT2D eigenvalue weighted by Gasteiger charge is -2.14. The Morgan fingerprint density at radius 3 is 2.76 bits per heavy atom. The molecule has 0 bridgehead atoms. The van der Waals surface area contributed by atoms with Crippen LogP contribution in [0.5, 0.6) is 11.5 Å². The Hall–Kier alpha value is -3.30. The third-order valence-corrected chi connectivity index (χ3v) is 7.83. The zero-order chi connectivity index (χ0) is 23.8. The molecule has 1 amide bonds. The van der Waals surface area contributed by atoms with E-state index in [9.17, 15) is 9.59 Å². The lowest BCUT2D eigenvalue weighted by atomic mass is 10.2. The zero-order valence-electron chi connectivity index (χ0n) is 19.0. The Balaban J connectivity index is 1.39. The second-order valence-electron chi connectivity index (χ2n) is 8.04. The number of amides is 1. The van der Waals surface area contributed by atoms with Crippen molar-refractivity contribution < 1.29 is 14.3 Å². The molecule has 0 fully saturated rings. The number of carbonyl (C=O) groups is 1. The van der Waals surface area contributed by atoms with Crippen LogP contribution in [0.15, 0.2) is 52.4 Å². The van der Waals surface area contributed by atoms with Crippen molar-refractivity contribution in [3.05, 3.63) is 74.4 Å². The number of thioether (sulfide) groups is 1. The van der Waals surface area contributed by atoms with E-state index in [1.165, 1.54) is 23.1 Å². The number of nitrogens with zero attached hydrogens (tertiary/aromatic N) is 2. The maximum atomic E-state index is 13.6. The van der Waals surface area contributed by atoms with Gasteiger partial charge in [0.25, 0.3) is 5.56 Å². The molecule has 0 radical (unpaired) electrons. The van der Waals surface area contributed by atoms with E-state index in [1.54, 1.807) is 4.57 Å². The van der Waals surface area contributed by atoms with E-state index in [0.717, 1.165) is 27.3 Å². The summed E-state index contributed by atoms with van der Waals surface area (Å²) < 4.78 is 12.4. The third kappa shape index (κ3) is 4.17. The van der Waals surface area contributed by atoms with Crippen molar-refractivity contribution in [2.45, 2.75) is 32.5 Å². The predicted molar refractivity (Wildman–Crippen MR) is 135 cm³/mol. The molecule has 1 aliphatic heterocycles. The second-order valence-corrected chi connectivity index (χ2v) is 10.2. The van der Waals surface area contributed by atoms with Crippen LogP contribution in [-0.2, 0) is 11.3 Å². The topological polar surface area (TPSA) is 82.5 Å². The molecular formula is C25H23N3O4S2. The normalized spacial score (nSPS) is 12.3. The Morgan fingerprint density at radius 2 is 1.94 bits per heavy atom. The number of carbonyl (C=O) groups excluding carboxylic acids is 1. The molecule has 0 atom stereocenters. The summed E-state index contributed by atoms with van der Waals surface area (Å²) in [6.07, 6.45) is 0. The number of benzene rings is 2. The van der Waals surface area contributed by atoms with Crippen LogP contribution in [0.25, 0.3) is 15.9 Å². The molecular weight excluding hydrogens is 470 g/mol. The molecule has 0 aliphatic carbocycles.